The van der Waals surface area contributed by atoms with E-state index in [0.29, 0.717) is 5.69 Å². The average molecular weight is 386 g/mol. The van der Waals surface area contributed by atoms with Crippen LogP contribution in [0.2, 0.25) is 0 Å². The molecule has 0 saturated heterocycles. The van der Waals surface area contributed by atoms with Crippen molar-refractivity contribution in [3.05, 3.63) is 88.3 Å². The molecule has 2 aromatic carbocycles. The van der Waals surface area contributed by atoms with Crippen molar-refractivity contribution in [1.82, 2.24) is 9.78 Å². The van der Waals surface area contributed by atoms with Gasteiger partial charge < -0.3 is 10.7 Å². The van der Waals surface area contributed by atoms with Gasteiger partial charge in [0.25, 0.3) is 0 Å². The van der Waals surface area contributed by atoms with Crippen LogP contribution in [-0.4, -0.2) is 16.0 Å². The van der Waals surface area contributed by atoms with E-state index in [1.165, 1.54) is 30.5 Å². The molecule has 0 aliphatic carbocycles. The lowest BCUT2D eigenvalue weighted by atomic mass is 10.1. The SMILES string of the molecule is N=CCC(Nc1ccccc1)c1nn(-c2ccccc2C(F)(F)F)ccc1=O. The van der Waals surface area contributed by atoms with Crippen LogP contribution < -0.4 is 10.7 Å². The Morgan fingerprint density at radius 3 is 2.43 bits per heavy atom. The molecule has 8 heteroatoms. The number of anilines is 1. The first-order valence-electron chi connectivity index (χ1n) is 8.47. The van der Waals surface area contributed by atoms with E-state index in [1.807, 2.05) is 6.07 Å². The summed E-state index contributed by atoms with van der Waals surface area (Å²) in [6.45, 7) is 0. The molecule has 0 spiro atoms. The van der Waals surface area contributed by atoms with Crippen molar-refractivity contribution < 1.29 is 13.2 Å². The minimum Gasteiger partial charge on any atom is -0.376 e. The number of halogens is 3. The molecule has 0 bridgehead atoms. The van der Waals surface area contributed by atoms with Crippen LogP contribution in [0.5, 0.6) is 0 Å². The van der Waals surface area contributed by atoms with Gasteiger partial charge in [0.1, 0.15) is 5.69 Å². The minimum atomic E-state index is -4.56. The molecule has 0 amide bonds. The lowest BCUT2D eigenvalue weighted by molar-refractivity contribution is -0.137. The van der Waals surface area contributed by atoms with Gasteiger partial charge in [-0.3, -0.25) is 4.79 Å². The Kier molecular flexibility index (Phi) is 5.58. The largest absolute Gasteiger partial charge is 0.418 e. The van der Waals surface area contributed by atoms with Crippen LogP contribution >= 0.6 is 0 Å². The molecule has 0 aliphatic heterocycles. The Morgan fingerprint density at radius 2 is 1.75 bits per heavy atom. The molecule has 1 unspecified atom stereocenters. The highest BCUT2D eigenvalue weighted by molar-refractivity contribution is 5.57. The van der Waals surface area contributed by atoms with Crippen molar-refractivity contribution in [3.63, 3.8) is 0 Å². The summed E-state index contributed by atoms with van der Waals surface area (Å²) in [4.78, 5) is 12.4. The number of nitrogens with zero attached hydrogens (tertiary/aromatic N) is 2. The first-order chi connectivity index (χ1) is 13.4. The topological polar surface area (TPSA) is 70.8 Å². The van der Waals surface area contributed by atoms with Gasteiger partial charge in [-0.05, 0) is 30.5 Å². The van der Waals surface area contributed by atoms with E-state index >= 15 is 0 Å². The zero-order valence-corrected chi connectivity index (χ0v) is 14.6. The van der Waals surface area contributed by atoms with Crippen molar-refractivity contribution in [3.8, 4) is 5.69 Å². The standard InChI is InChI=1S/C20H17F3N4O/c21-20(22,23)15-8-4-5-9-17(15)27-13-11-18(28)19(26-27)16(10-12-24)25-14-6-2-1-3-7-14/h1-9,11-13,16,24-25H,10H2. The lowest BCUT2D eigenvalue weighted by Gasteiger charge is -2.19. The Labute approximate surface area is 159 Å². The minimum absolute atomic E-state index is 0.0341. The van der Waals surface area contributed by atoms with Gasteiger partial charge in [-0.25, -0.2) is 4.68 Å². The second-order valence-corrected chi connectivity index (χ2v) is 6.03. The maximum Gasteiger partial charge on any atom is 0.418 e. The Morgan fingerprint density at radius 1 is 1.07 bits per heavy atom. The predicted molar refractivity (Wildman–Crippen MR) is 101 cm³/mol. The van der Waals surface area contributed by atoms with Gasteiger partial charge in [0.15, 0.2) is 0 Å². The second-order valence-electron chi connectivity index (χ2n) is 6.03. The van der Waals surface area contributed by atoms with Crippen molar-refractivity contribution >= 4 is 11.9 Å². The lowest BCUT2D eigenvalue weighted by Crippen LogP contribution is -2.25. The molecule has 0 fully saturated rings. The number of nitrogens with one attached hydrogen (secondary N) is 2. The molecule has 1 aromatic heterocycles. The smallest absolute Gasteiger partial charge is 0.376 e. The molecule has 3 rings (SSSR count). The first kappa shape index (κ1) is 19.3. The highest BCUT2D eigenvalue weighted by atomic mass is 19.4. The molecule has 0 saturated carbocycles. The predicted octanol–water partition coefficient (Wildman–Crippen LogP) is 4.44. The van der Waals surface area contributed by atoms with Crippen LogP contribution in [0.3, 0.4) is 0 Å². The summed E-state index contributed by atoms with van der Waals surface area (Å²) >= 11 is 0. The number of para-hydroxylation sites is 2. The molecule has 0 aliphatic rings. The van der Waals surface area contributed by atoms with E-state index < -0.39 is 23.2 Å². The highest BCUT2D eigenvalue weighted by Crippen LogP contribution is 2.33. The Balaban J connectivity index is 2.06. The molecular formula is C20H17F3N4O. The number of hydrogen-bond acceptors (Lipinski definition) is 4. The fourth-order valence-electron chi connectivity index (χ4n) is 2.80. The zero-order valence-electron chi connectivity index (χ0n) is 14.6. The van der Waals surface area contributed by atoms with Gasteiger partial charge in [-0.1, -0.05) is 30.3 Å². The summed E-state index contributed by atoms with van der Waals surface area (Å²) in [6, 6.07) is 14.6. The van der Waals surface area contributed by atoms with Gasteiger partial charge in [-0.2, -0.15) is 18.3 Å². The van der Waals surface area contributed by atoms with E-state index in [1.54, 1.807) is 24.3 Å². The maximum absolute atomic E-state index is 13.3. The first-order valence-corrected chi connectivity index (χ1v) is 8.47. The number of rotatable bonds is 6. The number of aromatic nitrogens is 2. The van der Waals surface area contributed by atoms with Crippen LogP contribution in [0.1, 0.15) is 23.7 Å². The summed E-state index contributed by atoms with van der Waals surface area (Å²) in [7, 11) is 0. The number of hydrogen-bond donors (Lipinski definition) is 2. The van der Waals surface area contributed by atoms with Crippen LogP contribution in [0.15, 0.2) is 71.7 Å². The third kappa shape index (κ3) is 4.28. The van der Waals surface area contributed by atoms with Crippen LogP contribution in [0.4, 0.5) is 18.9 Å². The summed E-state index contributed by atoms with van der Waals surface area (Å²) in [5.74, 6) is 0. The normalized spacial score (nSPS) is 12.4. The van der Waals surface area contributed by atoms with Crippen LogP contribution in [-0.2, 0) is 6.18 Å². The highest BCUT2D eigenvalue weighted by Gasteiger charge is 2.34. The second kappa shape index (κ2) is 8.08. The van der Waals surface area contributed by atoms with Crippen molar-refractivity contribution in [1.29, 1.82) is 5.41 Å². The van der Waals surface area contributed by atoms with Gasteiger partial charge in [0.2, 0.25) is 5.43 Å². The van der Waals surface area contributed by atoms with Crippen LogP contribution in [0.25, 0.3) is 5.69 Å². The summed E-state index contributed by atoms with van der Waals surface area (Å²) in [5.41, 5.74) is -0.703. The number of alkyl halides is 3. The van der Waals surface area contributed by atoms with Gasteiger partial charge in [-0.15, -0.1) is 0 Å². The average Bonchev–Trinajstić information content (AvgIpc) is 2.68. The third-order valence-electron chi connectivity index (χ3n) is 4.09. The quantitative estimate of drug-likeness (QED) is 0.615. The monoisotopic (exact) mass is 386 g/mol. The maximum atomic E-state index is 13.3. The molecule has 3 aromatic rings. The van der Waals surface area contributed by atoms with E-state index in [-0.39, 0.29) is 17.8 Å². The van der Waals surface area contributed by atoms with E-state index in [9.17, 15) is 18.0 Å². The van der Waals surface area contributed by atoms with E-state index in [2.05, 4.69) is 10.4 Å². The third-order valence-corrected chi connectivity index (χ3v) is 4.09. The zero-order chi connectivity index (χ0) is 20.1. The molecule has 2 N–H and O–H groups in total. The van der Waals surface area contributed by atoms with Crippen LogP contribution in [0, 0.1) is 5.41 Å². The van der Waals surface area contributed by atoms with Crippen molar-refractivity contribution in [2.45, 2.75) is 18.6 Å². The molecule has 28 heavy (non-hydrogen) atoms. The number of benzene rings is 2. The Hall–Kier alpha value is -3.42. The van der Waals surface area contributed by atoms with E-state index in [4.69, 9.17) is 5.41 Å². The summed E-state index contributed by atoms with van der Waals surface area (Å²) in [6.07, 6.45) is -2.07. The molecule has 1 heterocycles. The van der Waals surface area contributed by atoms with E-state index in [0.717, 1.165) is 17.0 Å². The summed E-state index contributed by atoms with van der Waals surface area (Å²) < 4.78 is 41.1. The van der Waals surface area contributed by atoms with Gasteiger partial charge in [0, 0.05) is 24.4 Å². The van der Waals surface area contributed by atoms with Crippen molar-refractivity contribution in [2.75, 3.05) is 5.32 Å². The summed E-state index contributed by atoms with van der Waals surface area (Å²) in [5, 5.41) is 14.7. The molecular weight excluding hydrogens is 369 g/mol. The fourth-order valence-corrected chi connectivity index (χ4v) is 2.80. The fraction of sp³-hybridized carbons (Fsp3) is 0.150. The molecule has 5 nitrogen and oxygen atoms in total. The van der Waals surface area contributed by atoms with Gasteiger partial charge >= 0.3 is 6.18 Å². The Bertz CT molecular complexity index is 1020. The molecule has 144 valence electrons. The van der Waals surface area contributed by atoms with Gasteiger partial charge in [0.05, 0.1) is 17.3 Å². The molecule has 0 radical (unpaired) electrons. The van der Waals surface area contributed by atoms with Crippen molar-refractivity contribution in [2.24, 2.45) is 0 Å². The molecule has 1 atom stereocenters.